The Kier molecular flexibility index (Phi) is 7.23. The summed E-state index contributed by atoms with van der Waals surface area (Å²) >= 11 is 0. The Labute approximate surface area is 176 Å². The van der Waals surface area contributed by atoms with Crippen LogP contribution in [0.4, 0.5) is 5.69 Å². The summed E-state index contributed by atoms with van der Waals surface area (Å²) in [7, 11) is 0.580. The molecule has 1 N–H and O–H groups in total. The van der Waals surface area contributed by atoms with Crippen LogP contribution in [-0.2, 0) is 0 Å². The lowest BCUT2D eigenvalue weighted by molar-refractivity contribution is 0.461. The molecule has 0 amide bonds. The van der Waals surface area contributed by atoms with Gasteiger partial charge in [0.2, 0.25) is 0 Å². The molecule has 3 aromatic carbocycles. The summed E-state index contributed by atoms with van der Waals surface area (Å²) in [5.41, 5.74) is 6.91. The second-order valence-corrected chi connectivity index (χ2v) is 9.21. The Hall–Kier alpha value is -2.44. The smallest absolute Gasteiger partial charge is 0.122 e. The second-order valence-electron chi connectivity index (χ2n) is 7.69. The molecule has 3 aromatic rings. The number of aromatic hydroxyl groups is 1. The Morgan fingerprint density at radius 2 is 1.72 bits per heavy atom. The zero-order valence-electron chi connectivity index (χ0n) is 17.7. The predicted octanol–water partition coefficient (Wildman–Crippen LogP) is 6.91. The molecule has 2 atom stereocenters. The van der Waals surface area contributed by atoms with E-state index in [9.17, 15) is 5.11 Å². The van der Waals surface area contributed by atoms with Gasteiger partial charge in [0.15, 0.2) is 0 Å². The van der Waals surface area contributed by atoms with Crippen LogP contribution in [0.25, 0.3) is 0 Å². The number of hydrogen-bond acceptors (Lipinski definition) is 2. The number of rotatable bonds is 7. The highest BCUT2D eigenvalue weighted by atomic mass is 31.1. The first-order valence-corrected chi connectivity index (χ1v) is 11.3. The monoisotopic (exact) mass is 403 g/mol. The normalized spacial score (nSPS) is 12.8. The summed E-state index contributed by atoms with van der Waals surface area (Å²) in [6.45, 7) is 8.42. The van der Waals surface area contributed by atoms with Gasteiger partial charge in [-0.25, -0.2) is 0 Å². The minimum Gasteiger partial charge on any atom is -0.507 e. The highest BCUT2D eigenvalue weighted by Gasteiger charge is 2.18. The van der Waals surface area contributed by atoms with Gasteiger partial charge in [-0.2, -0.15) is 0 Å². The third-order valence-corrected chi connectivity index (χ3v) is 6.79. The summed E-state index contributed by atoms with van der Waals surface area (Å²) in [5, 5.41) is 12.0. The van der Waals surface area contributed by atoms with E-state index in [1.807, 2.05) is 43.5 Å². The number of nitrogens with zero attached hydrogens (tertiary/aromatic N) is 1. The van der Waals surface area contributed by atoms with Crippen LogP contribution in [0, 0.1) is 20.8 Å². The van der Waals surface area contributed by atoms with Gasteiger partial charge in [0.1, 0.15) is 5.75 Å². The number of aliphatic imine (C=N–C) groups is 1. The average Bonchev–Trinajstić information content (AvgIpc) is 2.71. The van der Waals surface area contributed by atoms with Gasteiger partial charge in [-0.1, -0.05) is 75.5 Å². The molecule has 2 unspecified atom stereocenters. The number of para-hydroxylation sites is 1. The fourth-order valence-electron chi connectivity index (χ4n) is 3.62. The average molecular weight is 404 g/mol. The van der Waals surface area contributed by atoms with Crippen LogP contribution in [-0.4, -0.2) is 11.3 Å². The zero-order chi connectivity index (χ0) is 20.8. The van der Waals surface area contributed by atoms with Gasteiger partial charge in [0, 0.05) is 23.0 Å². The largest absolute Gasteiger partial charge is 0.507 e. The SMILES string of the molecule is CCCC(Pc1ccc(C)cc1/C=N/c1ccccc1)c1cc(C)cc(C)c1O. The zero-order valence-corrected chi connectivity index (χ0v) is 18.7. The maximum absolute atomic E-state index is 10.7. The molecular weight excluding hydrogens is 373 g/mol. The van der Waals surface area contributed by atoms with E-state index in [0.717, 1.165) is 35.2 Å². The van der Waals surface area contributed by atoms with E-state index < -0.39 is 0 Å². The number of phenols is 1. The molecule has 0 aliphatic carbocycles. The molecule has 0 fully saturated rings. The molecule has 0 bridgehead atoms. The van der Waals surface area contributed by atoms with E-state index >= 15 is 0 Å². The summed E-state index contributed by atoms with van der Waals surface area (Å²) in [4.78, 5) is 4.68. The molecule has 0 spiro atoms. The summed E-state index contributed by atoms with van der Waals surface area (Å²) < 4.78 is 0. The van der Waals surface area contributed by atoms with Crippen molar-refractivity contribution >= 4 is 25.8 Å². The van der Waals surface area contributed by atoms with Crippen molar-refractivity contribution in [2.75, 3.05) is 0 Å². The summed E-state index contributed by atoms with van der Waals surface area (Å²) in [6.07, 6.45) is 4.12. The quantitative estimate of drug-likeness (QED) is 0.337. The summed E-state index contributed by atoms with van der Waals surface area (Å²) in [5.74, 6) is 0.452. The maximum Gasteiger partial charge on any atom is 0.122 e. The second kappa shape index (κ2) is 9.85. The number of phenolic OH excluding ortho intramolecular Hbond substituents is 1. The Bertz CT molecular complexity index is 995. The van der Waals surface area contributed by atoms with Crippen molar-refractivity contribution in [3.63, 3.8) is 0 Å². The third kappa shape index (κ3) is 5.55. The molecule has 0 aliphatic heterocycles. The van der Waals surface area contributed by atoms with Gasteiger partial charge in [0.05, 0.1) is 5.69 Å². The van der Waals surface area contributed by atoms with E-state index in [1.165, 1.54) is 16.4 Å². The predicted molar refractivity (Wildman–Crippen MR) is 128 cm³/mol. The fraction of sp³-hybridized carbons (Fsp3) is 0.269. The fourth-order valence-corrected chi connectivity index (χ4v) is 5.29. The minimum atomic E-state index is 0.310. The first-order chi connectivity index (χ1) is 14.0. The number of aryl methyl sites for hydroxylation is 3. The van der Waals surface area contributed by atoms with E-state index in [0.29, 0.717) is 20.0 Å². The Morgan fingerprint density at radius 3 is 2.45 bits per heavy atom. The number of benzene rings is 3. The van der Waals surface area contributed by atoms with E-state index in [1.54, 1.807) is 0 Å². The van der Waals surface area contributed by atoms with Gasteiger partial charge in [-0.3, -0.25) is 4.99 Å². The molecular formula is C26H30NOP. The standard InChI is InChI=1S/C26H30NOP/c1-5-9-25(23-16-19(3)14-20(4)26(23)28)29-24-13-12-18(2)15-21(24)17-27-22-10-7-6-8-11-22/h6-8,10-17,25,28-29H,5,9H2,1-4H3/b27-17+. The molecule has 3 rings (SSSR count). The van der Waals surface area contributed by atoms with Gasteiger partial charge in [0.25, 0.3) is 0 Å². The van der Waals surface area contributed by atoms with Crippen LogP contribution >= 0.6 is 8.58 Å². The molecule has 0 radical (unpaired) electrons. The highest BCUT2D eigenvalue weighted by molar-refractivity contribution is 7.47. The Balaban J connectivity index is 1.96. The van der Waals surface area contributed by atoms with Crippen molar-refractivity contribution in [1.82, 2.24) is 0 Å². The molecule has 3 heteroatoms. The van der Waals surface area contributed by atoms with Crippen molar-refractivity contribution < 1.29 is 5.11 Å². The van der Waals surface area contributed by atoms with Crippen molar-refractivity contribution in [3.8, 4) is 5.75 Å². The highest BCUT2D eigenvalue weighted by Crippen LogP contribution is 2.43. The molecule has 29 heavy (non-hydrogen) atoms. The van der Waals surface area contributed by atoms with Crippen LogP contribution in [0.2, 0.25) is 0 Å². The lowest BCUT2D eigenvalue weighted by atomic mass is 10.0. The van der Waals surface area contributed by atoms with E-state index in [-0.39, 0.29) is 0 Å². The minimum absolute atomic E-state index is 0.310. The van der Waals surface area contributed by atoms with Crippen molar-refractivity contribution in [3.05, 3.63) is 88.5 Å². The van der Waals surface area contributed by atoms with Crippen LogP contribution in [0.1, 0.15) is 53.2 Å². The first-order valence-electron chi connectivity index (χ1n) is 10.2. The van der Waals surface area contributed by atoms with Crippen molar-refractivity contribution in [2.45, 2.75) is 46.2 Å². The topological polar surface area (TPSA) is 32.6 Å². The molecule has 0 aliphatic rings. The van der Waals surface area contributed by atoms with Crippen LogP contribution < -0.4 is 5.30 Å². The lowest BCUT2D eigenvalue weighted by Crippen LogP contribution is -2.08. The first kappa shape index (κ1) is 21.3. The van der Waals surface area contributed by atoms with Gasteiger partial charge in [-0.15, -0.1) is 0 Å². The molecule has 0 saturated carbocycles. The lowest BCUT2D eigenvalue weighted by Gasteiger charge is -2.21. The molecule has 0 aromatic heterocycles. The van der Waals surface area contributed by atoms with Crippen LogP contribution in [0.5, 0.6) is 5.75 Å². The van der Waals surface area contributed by atoms with Gasteiger partial charge < -0.3 is 5.11 Å². The number of hydrogen-bond donors (Lipinski definition) is 1. The Morgan fingerprint density at radius 1 is 0.966 bits per heavy atom. The van der Waals surface area contributed by atoms with Crippen LogP contribution in [0.15, 0.2) is 65.7 Å². The molecule has 2 nitrogen and oxygen atoms in total. The third-order valence-electron chi connectivity index (χ3n) is 5.07. The maximum atomic E-state index is 10.7. The van der Waals surface area contributed by atoms with Gasteiger partial charge >= 0.3 is 0 Å². The van der Waals surface area contributed by atoms with Gasteiger partial charge in [-0.05, 0) is 56.3 Å². The van der Waals surface area contributed by atoms with E-state index in [4.69, 9.17) is 0 Å². The molecule has 150 valence electrons. The van der Waals surface area contributed by atoms with E-state index in [2.05, 4.69) is 56.1 Å². The van der Waals surface area contributed by atoms with Crippen molar-refractivity contribution in [2.24, 2.45) is 4.99 Å². The summed E-state index contributed by atoms with van der Waals surface area (Å²) in [6, 6.07) is 20.9. The molecule has 0 saturated heterocycles. The van der Waals surface area contributed by atoms with Crippen molar-refractivity contribution in [1.29, 1.82) is 0 Å². The molecule has 0 heterocycles. The van der Waals surface area contributed by atoms with Crippen LogP contribution in [0.3, 0.4) is 0 Å².